The molecule has 3 rings (SSSR count). The van der Waals surface area contributed by atoms with Crippen molar-refractivity contribution in [3.8, 4) is 0 Å². The number of cyclic esters (lactones) is 1. The lowest BCUT2D eigenvalue weighted by atomic mass is 10.1. The van der Waals surface area contributed by atoms with Gasteiger partial charge in [0.25, 0.3) is 0 Å². The zero-order valence-electron chi connectivity index (χ0n) is 11.9. The van der Waals surface area contributed by atoms with Gasteiger partial charge in [-0.05, 0) is 43.5 Å². The summed E-state index contributed by atoms with van der Waals surface area (Å²) in [5, 5.41) is 0. The molecule has 0 radical (unpaired) electrons. The Balaban J connectivity index is 2.01. The van der Waals surface area contributed by atoms with Gasteiger partial charge in [-0.15, -0.1) is 0 Å². The van der Waals surface area contributed by atoms with Gasteiger partial charge in [0.2, 0.25) is 0 Å². The summed E-state index contributed by atoms with van der Waals surface area (Å²) in [5.74, 6) is -0.125. The van der Waals surface area contributed by atoms with Crippen LogP contribution in [0.25, 0.3) is 0 Å². The lowest BCUT2D eigenvalue weighted by Gasteiger charge is -2.31. The van der Waals surface area contributed by atoms with E-state index in [1.54, 1.807) is 0 Å². The molecule has 0 amide bonds. The summed E-state index contributed by atoms with van der Waals surface area (Å²) in [6.07, 6.45) is 2.77. The molecule has 0 bridgehead atoms. The molecule has 1 saturated heterocycles. The molecule has 0 spiro atoms. The number of anilines is 2. The summed E-state index contributed by atoms with van der Waals surface area (Å²) >= 11 is 0. The number of hydrogen-bond acceptors (Lipinski definition) is 3. The first-order valence-electron chi connectivity index (χ1n) is 7.42. The van der Waals surface area contributed by atoms with E-state index in [2.05, 4.69) is 4.90 Å². The number of ether oxygens (including phenoxy) is 1. The van der Waals surface area contributed by atoms with Gasteiger partial charge in [-0.1, -0.05) is 36.4 Å². The molecule has 1 unspecified atom stereocenters. The molecule has 1 aliphatic rings. The standard InChI is InChI=1S/C18H19NO2/c20-18-17(13-7-8-14-21-18)19(15-9-3-1-4-10-15)16-11-5-2-6-12-16/h1-6,9-12,17H,7-8,13-14H2. The molecule has 2 aromatic carbocycles. The Morgan fingerprint density at radius 2 is 1.43 bits per heavy atom. The predicted octanol–water partition coefficient (Wildman–Crippen LogP) is 3.92. The van der Waals surface area contributed by atoms with Crippen LogP contribution < -0.4 is 4.90 Å². The van der Waals surface area contributed by atoms with Crippen LogP contribution in [0.5, 0.6) is 0 Å². The van der Waals surface area contributed by atoms with Crippen molar-refractivity contribution in [3.63, 3.8) is 0 Å². The summed E-state index contributed by atoms with van der Waals surface area (Å²) in [5.41, 5.74) is 2.04. The number of benzene rings is 2. The smallest absolute Gasteiger partial charge is 0.329 e. The van der Waals surface area contributed by atoms with Gasteiger partial charge in [-0.3, -0.25) is 0 Å². The van der Waals surface area contributed by atoms with Crippen LogP contribution in [0.4, 0.5) is 11.4 Å². The van der Waals surface area contributed by atoms with Crippen LogP contribution in [-0.4, -0.2) is 18.6 Å². The second kappa shape index (κ2) is 6.44. The second-order valence-electron chi connectivity index (χ2n) is 5.22. The Hall–Kier alpha value is -2.29. The van der Waals surface area contributed by atoms with E-state index in [9.17, 15) is 4.79 Å². The topological polar surface area (TPSA) is 29.5 Å². The van der Waals surface area contributed by atoms with Crippen molar-refractivity contribution in [1.29, 1.82) is 0 Å². The number of esters is 1. The van der Waals surface area contributed by atoms with E-state index >= 15 is 0 Å². The zero-order chi connectivity index (χ0) is 14.5. The first-order chi connectivity index (χ1) is 10.4. The van der Waals surface area contributed by atoms with Gasteiger partial charge in [0, 0.05) is 11.4 Å². The van der Waals surface area contributed by atoms with Gasteiger partial charge in [0.15, 0.2) is 0 Å². The lowest BCUT2D eigenvalue weighted by molar-refractivity contribution is -0.144. The highest BCUT2D eigenvalue weighted by Crippen LogP contribution is 2.30. The van der Waals surface area contributed by atoms with Crippen LogP contribution in [0.3, 0.4) is 0 Å². The fraction of sp³-hybridized carbons (Fsp3) is 0.278. The van der Waals surface area contributed by atoms with Crippen molar-refractivity contribution >= 4 is 17.3 Å². The summed E-state index contributed by atoms with van der Waals surface area (Å²) in [4.78, 5) is 14.4. The Bertz CT molecular complexity index is 543. The van der Waals surface area contributed by atoms with E-state index in [1.165, 1.54) is 0 Å². The molecule has 2 aromatic rings. The molecule has 21 heavy (non-hydrogen) atoms. The number of para-hydroxylation sites is 2. The average Bonchev–Trinajstić information content (AvgIpc) is 2.75. The fourth-order valence-corrected chi connectivity index (χ4v) is 2.75. The SMILES string of the molecule is O=C1OCCCCC1N(c1ccccc1)c1ccccc1. The molecule has 0 saturated carbocycles. The maximum atomic E-state index is 12.3. The number of carbonyl (C=O) groups excluding carboxylic acids is 1. The summed E-state index contributed by atoms with van der Waals surface area (Å²) in [6, 6.07) is 19.8. The molecular weight excluding hydrogens is 262 g/mol. The van der Waals surface area contributed by atoms with E-state index in [0.717, 1.165) is 30.6 Å². The molecule has 3 nitrogen and oxygen atoms in total. The second-order valence-corrected chi connectivity index (χ2v) is 5.22. The quantitative estimate of drug-likeness (QED) is 0.799. The molecule has 0 aliphatic carbocycles. The van der Waals surface area contributed by atoms with Gasteiger partial charge in [-0.25, -0.2) is 4.79 Å². The predicted molar refractivity (Wildman–Crippen MR) is 83.6 cm³/mol. The van der Waals surface area contributed by atoms with Crippen LogP contribution in [0.2, 0.25) is 0 Å². The Kier molecular flexibility index (Phi) is 4.20. The molecule has 1 aliphatic heterocycles. The van der Waals surface area contributed by atoms with E-state index < -0.39 is 0 Å². The van der Waals surface area contributed by atoms with Crippen molar-refractivity contribution in [2.45, 2.75) is 25.3 Å². The van der Waals surface area contributed by atoms with Crippen LogP contribution in [0.1, 0.15) is 19.3 Å². The molecule has 1 heterocycles. The third-order valence-corrected chi connectivity index (χ3v) is 3.77. The number of rotatable bonds is 3. The summed E-state index contributed by atoms with van der Waals surface area (Å²) < 4.78 is 5.36. The highest BCUT2D eigenvalue weighted by molar-refractivity contribution is 5.84. The fourth-order valence-electron chi connectivity index (χ4n) is 2.75. The van der Waals surface area contributed by atoms with Gasteiger partial charge < -0.3 is 9.64 Å². The minimum absolute atomic E-state index is 0.125. The van der Waals surface area contributed by atoms with Crippen LogP contribution in [0.15, 0.2) is 60.7 Å². The van der Waals surface area contributed by atoms with Crippen LogP contribution in [-0.2, 0) is 9.53 Å². The van der Waals surface area contributed by atoms with Crippen molar-refractivity contribution in [3.05, 3.63) is 60.7 Å². The first kappa shape index (κ1) is 13.7. The average molecular weight is 281 g/mol. The Labute approximate surface area is 125 Å². The van der Waals surface area contributed by atoms with E-state index in [0.29, 0.717) is 6.61 Å². The molecule has 1 atom stereocenters. The molecule has 3 heteroatoms. The minimum Gasteiger partial charge on any atom is -0.464 e. The molecule has 0 N–H and O–H groups in total. The summed E-state index contributed by atoms with van der Waals surface area (Å²) in [7, 11) is 0. The Morgan fingerprint density at radius 3 is 2.00 bits per heavy atom. The lowest BCUT2D eigenvalue weighted by Crippen LogP contribution is -2.38. The van der Waals surface area contributed by atoms with Gasteiger partial charge in [0.05, 0.1) is 6.61 Å². The van der Waals surface area contributed by atoms with E-state index in [4.69, 9.17) is 4.74 Å². The largest absolute Gasteiger partial charge is 0.464 e. The minimum atomic E-state index is -0.253. The maximum Gasteiger partial charge on any atom is 0.329 e. The maximum absolute atomic E-state index is 12.3. The normalized spacial score (nSPS) is 18.7. The zero-order valence-corrected chi connectivity index (χ0v) is 11.9. The van der Waals surface area contributed by atoms with Gasteiger partial charge in [-0.2, -0.15) is 0 Å². The third-order valence-electron chi connectivity index (χ3n) is 3.77. The van der Waals surface area contributed by atoms with Crippen molar-refractivity contribution in [2.75, 3.05) is 11.5 Å². The third kappa shape index (κ3) is 3.07. The monoisotopic (exact) mass is 281 g/mol. The molecule has 108 valence electrons. The number of nitrogens with zero attached hydrogens (tertiary/aromatic N) is 1. The van der Waals surface area contributed by atoms with Gasteiger partial charge in [0.1, 0.15) is 6.04 Å². The number of carbonyl (C=O) groups is 1. The highest BCUT2D eigenvalue weighted by Gasteiger charge is 2.30. The molecule has 1 fully saturated rings. The van der Waals surface area contributed by atoms with Crippen molar-refractivity contribution < 1.29 is 9.53 Å². The van der Waals surface area contributed by atoms with E-state index in [1.807, 2.05) is 60.7 Å². The molecular formula is C18H19NO2. The Morgan fingerprint density at radius 1 is 0.857 bits per heavy atom. The van der Waals surface area contributed by atoms with Gasteiger partial charge >= 0.3 is 5.97 Å². The van der Waals surface area contributed by atoms with E-state index in [-0.39, 0.29) is 12.0 Å². The first-order valence-corrected chi connectivity index (χ1v) is 7.42. The van der Waals surface area contributed by atoms with Crippen molar-refractivity contribution in [2.24, 2.45) is 0 Å². The van der Waals surface area contributed by atoms with Crippen molar-refractivity contribution in [1.82, 2.24) is 0 Å². The van der Waals surface area contributed by atoms with Crippen LogP contribution in [0, 0.1) is 0 Å². The number of hydrogen-bond donors (Lipinski definition) is 0. The van der Waals surface area contributed by atoms with Crippen LogP contribution >= 0.6 is 0 Å². The highest BCUT2D eigenvalue weighted by atomic mass is 16.5. The molecule has 0 aromatic heterocycles. The summed E-state index contributed by atoms with van der Waals surface area (Å²) in [6.45, 7) is 0.534.